The number of fused-ring (bicyclic) bond motifs is 2. The van der Waals surface area contributed by atoms with Crippen LogP contribution in [0.5, 0.6) is 23.0 Å². The highest BCUT2D eigenvalue weighted by atomic mass is 16.5. The minimum Gasteiger partial charge on any atom is -0.504 e. The number of para-hydroxylation sites is 2. The van der Waals surface area contributed by atoms with Gasteiger partial charge < -0.3 is 19.7 Å². The SMILES string of the molecule is COc1cccc(C=Nc2ccc3cc4ccc(N=Cc5cccc(OC)c5O)cc4nc3c2)c1O. The molecular formula is C29H23N3O4. The Hall–Kier alpha value is -4.91. The Bertz CT molecular complexity index is 1530. The number of aromatic nitrogens is 1. The smallest absolute Gasteiger partial charge is 0.166 e. The van der Waals surface area contributed by atoms with Crippen molar-refractivity contribution in [1.82, 2.24) is 4.98 Å². The first kappa shape index (κ1) is 22.9. The van der Waals surface area contributed by atoms with Crippen LogP contribution in [0.4, 0.5) is 11.4 Å². The normalized spacial score (nSPS) is 11.6. The number of phenols is 2. The summed E-state index contributed by atoms with van der Waals surface area (Å²) in [5.41, 5.74) is 4.12. The summed E-state index contributed by atoms with van der Waals surface area (Å²) in [7, 11) is 3.02. The average Bonchev–Trinajstić information content (AvgIpc) is 2.90. The molecule has 0 bridgehead atoms. The largest absolute Gasteiger partial charge is 0.504 e. The first-order valence-electron chi connectivity index (χ1n) is 11.2. The van der Waals surface area contributed by atoms with E-state index >= 15 is 0 Å². The predicted octanol–water partition coefficient (Wildman–Crippen LogP) is 6.32. The molecule has 0 spiro atoms. The number of pyridine rings is 1. The molecule has 5 aromatic rings. The molecule has 0 aliphatic heterocycles. The fourth-order valence-electron chi connectivity index (χ4n) is 3.86. The number of phenolic OH excluding ortho intramolecular Hbond substituents is 2. The lowest BCUT2D eigenvalue weighted by Gasteiger charge is -2.06. The van der Waals surface area contributed by atoms with Gasteiger partial charge in [0.05, 0.1) is 36.6 Å². The van der Waals surface area contributed by atoms with Gasteiger partial charge >= 0.3 is 0 Å². The number of hydrogen-bond donors (Lipinski definition) is 2. The highest BCUT2D eigenvalue weighted by molar-refractivity contribution is 5.96. The molecule has 0 aliphatic rings. The molecule has 5 rings (SSSR count). The molecule has 7 nitrogen and oxygen atoms in total. The molecule has 0 amide bonds. The molecule has 0 atom stereocenters. The maximum Gasteiger partial charge on any atom is 0.166 e. The van der Waals surface area contributed by atoms with Gasteiger partial charge in [0.2, 0.25) is 0 Å². The van der Waals surface area contributed by atoms with Crippen LogP contribution in [0.1, 0.15) is 11.1 Å². The molecule has 0 unspecified atom stereocenters. The van der Waals surface area contributed by atoms with E-state index in [0.717, 1.165) is 21.8 Å². The van der Waals surface area contributed by atoms with E-state index < -0.39 is 0 Å². The second kappa shape index (κ2) is 9.76. The van der Waals surface area contributed by atoms with Crippen LogP contribution in [0.15, 0.2) is 88.8 Å². The van der Waals surface area contributed by atoms with Crippen LogP contribution in [0.2, 0.25) is 0 Å². The minimum atomic E-state index is 0.0454. The standard InChI is InChI=1S/C29H23N3O4/c1-35-26-7-3-5-20(28(26)33)16-30-22-11-9-18-13-19-10-12-23(15-25(19)32-24(18)14-22)31-17-21-6-4-8-27(36-2)29(21)34/h3-17,33-34H,1-2H3. The number of methoxy groups -OCH3 is 2. The van der Waals surface area contributed by atoms with E-state index in [1.54, 1.807) is 48.8 Å². The van der Waals surface area contributed by atoms with Crippen molar-refractivity contribution in [2.75, 3.05) is 14.2 Å². The molecule has 7 heteroatoms. The Balaban J connectivity index is 1.46. The van der Waals surface area contributed by atoms with Crippen molar-refractivity contribution >= 4 is 45.6 Å². The van der Waals surface area contributed by atoms with Gasteiger partial charge in [-0.25, -0.2) is 4.98 Å². The number of ether oxygens (including phenoxy) is 2. The van der Waals surface area contributed by atoms with Crippen molar-refractivity contribution < 1.29 is 19.7 Å². The lowest BCUT2D eigenvalue weighted by molar-refractivity contribution is 0.373. The summed E-state index contributed by atoms with van der Waals surface area (Å²) in [6.45, 7) is 0. The first-order valence-corrected chi connectivity index (χ1v) is 11.2. The topological polar surface area (TPSA) is 96.5 Å². The van der Waals surface area contributed by atoms with Crippen molar-refractivity contribution in [2.45, 2.75) is 0 Å². The Morgan fingerprint density at radius 2 is 1.11 bits per heavy atom. The number of nitrogens with zero attached hydrogens (tertiary/aromatic N) is 3. The van der Waals surface area contributed by atoms with E-state index in [1.165, 1.54) is 14.2 Å². The predicted molar refractivity (Wildman–Crippen MR) is 143 cm³/mol. The van der Waals surface area contributed by atoms with Crippen molar-refractivity contribution in [2.24, 2.45) is 9.98 Å². The van der Waals surface area contributed by atoms with Crippen molar-refractivity contribution in [3.8, 4) is 23.0 Å². The van der Waals surface area contributed by atoms with Gasteiger partial charge in [-0.2, -0.15) is 0 Å². The third kappa shape index (κ3) is 4.54. The molecule has 0 fully saturated rings. The molecule has 0 radical (unpaired) electrons. The van der Waals surface area contributed by atoms with Crippen LogP contribution in [0.3, 0.4) is 0 Å². The number of rotatable bonds is 6. The van der Waals surface area contributed by atoms with Crippen LogP contribution < -0.4 is 9.47 Å². The van der Waals surface area contributed by atoms with Gasteiger partial charge in [0, 0.05) is 34.3 Å². The van der Waals surface area contributed by atoms with Gasteiger partial charge in [-0.05, 0) is 54.6 Å². The third-order valence-electron chi connectivity index (χ3n) is 5.79. The minimum absolute atomic E-state index is 0.0454. The monoisotopic (exact) mass is 477 g/mol. The number of benzene rings is 4. The van der Waals surface area contributed by atoms with Crippen molar-refractivity contribution in [1.29, 1.82) is 0 Å². The van der Waals surface area contributed by atoms with Crippen LogP contribution in [0, 0.1) is 0 Å². The maximum absolute atomic E-state index is 10.3. The zero-order valence-electron chi connectivity index (χ0n) is 19.7. The van der Waals surface area contributed by atoms with Gasteiger partial charge in [-0.3, -0.25) is 9.98 Å². The van der Waals surface area contributed by atoms with Crippen molar-refractivity contribution in [3.63, 3.8) is 0 Å². The second-order valence-electron chi connectivity index (χ2n) is 8.05. The number of aliphatic imine (C=N–C) groups is 2. The van der Waals surface area contributed by atoms with E-state index in [1.807, 2.05) is 36.4 Å². The zero-order valence-corrected chi connectivity index (χ0v) is 19.7. The summed E-state index contributed by atoms with van der Waals surface area (Å²) >= 11 is 0. The number of aromatic hydroxyl groups is 2. The summed E-state index contributed by atoms with van der Waals surface area (Å²) < 4.78 is 10.3. The second-order valence-corrected chi connectivity index (χ2v) is 8.05. The summed E-state index contributed by atoms with van der Waals surface area (Å²) in [5.74, 6) is 0.879. The van der Waals surface area contributed by atoms with Crippen LogP contribution in [-0.4, -0.2) is 41.8 Å². The highest BCUT2D eigenvalue weighted by Gasteiger charge is 2.07. The van der Waals surface area contributed by atoms with Crippen LogP contribution in [0.25, 0.3) is 21.8 Å². The Morgan fingerprint density at radius 1 is 0.639 bits per heavy atom. The molecular weight excluding hydrogens is 454 g/mol. The summed E-state index contributed by atoms with van der Waals surface area (Å²) in [4.78, 5) is 13.8. The quantitative estimate of drug-likeness (QED) is 0.220. The molecule has 1 heterocycles. The van der Waals surface area contributed by atoms with E-state index in [2.05, 4.69) is 16.1 Å². The summed E-state index contributed by atoms with van der Waals surface area (Å²) in [5, 5.41) is 22.5. The molecule has 0 saturated carbocycles. The molecule has 36 heavy (non-hydrogen) atoms. The van der Waals surface area contributed by atoms with Gasteiger partial charge in [-0.1, -0.05) is 24.3 Å². The van der Waals surface area contributed by atoms with Gasteiger partial charge in [0.15, 0.2) is 23.0 Å². The lowest BCUT2D eigenvalue weighted by Crippen LogP contribution is -1.88. The molecule has 178 valence electrons. The fraction of sp³-hybridized carbons (Fsp3) is 0.0690. The zero-order chi connectivity index (χ0) is 25.1. The molecule has 2 N–H and O–H groups in total. The van der Waals surface area contributed by atoms with Gasteiger partial charge in [0.1, 0.15) is 0 Å². The van der Waals surface area contributed by atoms with E-state index in [4.69, 9.17) is 14.5 Å². The first-order chi connectivity index (χ1) is 17.6. The van der Waals surface area contributed by atoms with Crippen molar-refractivity contribution in [3.05, 3.63) is 90.0 Å². The lowest BCUT2D eigenvalue weighted by atomic mass is 10.1. The summed E-state index contributed by atoms with van der Waals surface area (Å²) in [6.07, 6.45) is 3.20. The molecule has 4 aromatic carbocycles. The van der Waals surface area contributed by atoms with E-state index in [0.29, 0.717) is 34.0 Å². The fourth-order valence-corrected chi connectivity index (χ4v) is 3.86. The number of hydrogen-bond acceptors (Lipinski definition) is 7. The van der Waals surface area contributed by atoms with Crippen LogP contribution in [-0.2, 0) is 0 Å². The highest BCUT2D eigenvalue weighted by Crippen LogP contribution is 2.31. The summed E-state index contributed by atoms with van der Waals surface area (Å²) in [6, 6.07) is 24.1. The average molecular weight is 478 g/mol. The third-order valence-corrected chi connectivity index (χ3v) is 5.79. The van der Waals surface area contributed by atoms with Gasteiger partial charge in [-0.15, -0.1) is 0 Å². The molecule has 1 aromatic heterocycles. The van der Waals surface area contributed by atoms with Gasteiger partial charge in [0.25, 0.3) is 0 Å². The molecule has 0 saturated heterocycles. The maximum atomic E-state index is 10.3. The molecule has 0 aliphatic carbocycles. The van der Waals surface area contributed by atoms with Crippen LogP contribution >= 0.6 is 0 Å². The van der Waals surface area contributed by atoms with E-state index in [-0.39, 0.29) is 11.5 Å². The Kier molecular flexibility index (Phi) is 6.19. The van der Waals surface area contributed by atoms with E-state index in [9.17, 15) is 10.2 Å². The Morgan fingerprint density at radius 3 is 1.56 bits per heavy atom. The Labute approximate surface area is 207 Å².